The summed E-state index contributed by atoms with van der Waals surface area (Å²) in [5.74, 6) is 1.69. The second-order valence-corrected chi connectivity index (χ2v) is 8.07. The number of hydrogen-bond donors (Lipinski definition) is 1. The second-order valence-electron chi connectivity index (χ2n) is 6.30. The first kappa shape index (κ1) is 17.5. The summed E-state index contributed by atoms with van der Waals surface area (Å²) in [5.41, 5.74) is 1.42. The first-order valence-corrected chi connectivity index (χ1v) is 9.92. The molecule has 3 unspecified atom stereocenters. The van der Waals surface area contributed by atoms with Crippen molar-refractivity contribution in [3.8, 4) is 0 Å². The molecule has 1 aliphatic carbocycles. The minimum Gasteiger partial charge on any atom is -0.310 e. The summed E-state index contributed by atoms with van der Waals surface area (Å²) in [6.07, 6.45) is 8.07. The fraction of sp³-hybridized carbons (Fsp3) is 0.667. The van der Waals surface area contributed by atoms with Gasteiger partial charge in [0.25, 0.3) is 0 Å². The van der Waals surface area contributed by atoms with Crippen LogP contribution in [0, 0.1) is 11.8 Å². The van der Waals surface area contributed by atoms with Crippen LogP contribution in [0.2, 0.25) is 0 Å². The minimum absolute atomic E-state index is 0.488. The maximum atomic E-state index is 3.82. The SMILES string of the molecule is CCCNC(c1ccc(Br)cc1Br)C1CCCC(CC)C1. The van der Waals surface area contributed by atoms with Gasteiger partial charge in [-0.2, -0.15) is 0 Å². The fourth-order valence-corrected chi connectivity index (χ4v) is 4.88. The number of hydrogen-bond acceptors (Lipinski definition) is 1. The highest BCUT2D eigenvalue weighted by atomic mass is 79.9. The molecule has 0 saturated heterocycles. The van der Waals surface area contributed by atoms with E-state index in [4.69, 9.17) is 0 Å². The van der Waals surface area contributed by atoms with Crippen LogP contribution >= 0.6 is 31.9 Å². The molecular formula is C18H27Br2N. The molecule has 1 nitrogen and oxygen atoms in total. The minimum atomic E-state index is 0.488. The Kier molecular flexibility index (Phi) is 7.24. The average Bonchev–Trinajstić information content (AvgIpc) is 2.49. The maximum Gasteiger partial charge on any atom is 0.0359 e. The first-order chi connectivity index (χ1) is 10.2. The van der Waals surface area contributed by atoms with Crippen LogP contribution in [-0.4, -0.2) is 6.54 Å². The van der Waals surface area contributed by atoms with E-state index in [1.165, 1.54) is 48.6 Å². The van der Waals surface area contributed by atoms with Gasteiger partial charge in [-0.1, -0.05) is 71.0 Å². The highest BCUT2D eigenvalue weighted by Gasteiger charge is 2.29. The third kappa shape index (κ3) is 4.80. The number of rotatable bonds is 6. The van der Waals surface area contributed by atoms with E-state index in [0.29, 0.717) is 6.04 Å². The number of halogens is 2. The zero-order valence-electron chi connectivity index (χ0n) is 13.2. The Labute approximate surface area is 146 Å². The topological polar surface area (TPSA) is 12.0 Å². The first-order valence-electron chi connectivity index (χ1n) is 8.34. The lowest BCUT2D eigenvalue weighted by Gasteiger charge is -2.35. The molecule has 1 N–H and O–H groups in total. The highest BCUT2D eigenvalue weighted by molar-refractivity contribution is 9.11. The van der Waals surface area contributed by atoms with Gasteiger partial charge in [-0.05, 0) is 55.3 Å². The molecule has 1 aliphatic rings. The fourth-order valence-electron chi connectivity index (χ4n) is 3.59. The number of nitrogens with one attached hydrogen (secondary N) is 1. The molecular weight excluding hydrogens is 390 g/mol. The van der Waals surface area contributed by atoms with Crippen LogP contribution in [0.1, 0.15) is 64.0 Å². The van der Waals surface area contributed by atoms with Crippen molar-refractivity contribution in [3.05, 3.63) is 32.7 Å². The Morgan fingerprint density at radius 3 is 2.71 bits per heavy atom. The molecule has 1 aromatic carbocycles. The van der Waals surface area contributed by atoms with Gasteiger partial charge in [-0.3, -0.25) is 0 Å². The van der Waals surface area contributed by atoms with Crippen LogP contribution < -0.4 is 5.32 Å². The van der Waals surface area contributed by atoms with Crippen LogP contribution in [0.15, 0.2) is 27.1 Å². The Bertz CT molecular complexity index is 447. The largest absolute Gasteiger partial charge is 0.310 e. The van der Waals surface area contributed by atoms with Crippen molar-refractivity contribution in [3.63, 3.8) is 0 Å². The van der Waals surface area contributed by atoms with Crippen molar-refractivity contribution in [1.29, 1.82) is 0 Å². The second kappa shape index (κ2) is 8.69. The summed E-state index contributed by atoms with van der Waals surface area (Å²) >= 11 is 7.33. The van der Waals surface area contributed by atoms with E-state index in [0.717, 1.165) is 22.9 Å². The van der Waals surface area contributed by atoms with Crippen molar-refractivity contribution < 1.29 is 0 Å². The zero-order valence-corrected chi connectivity index (χ0v) is 16.3. The summed E-state index contributed by atoms with van der Waals surface area (Å²) in [4.78, 5) is 0. The maximum absolute atomic E-state index is 3.82. The molecule has 0 spiro atoms. The third-order valence-electron chi connectivity index (χ3n) is 4.78. The van der Waals surface area contributed by atoms with Crippen molar-refractivity contribution in [2.24, 2.45) is 11.8 Å². The zero-order chi connectivity index (χ0) is 15.2. The Morgan fingerprint density at radius 2 is 2.05 bits per heavy atom. The van der Waals surface area contributed by atoms with E-state index in [9.17, 15) is 0 Å². The molecule has 0 aliphatic heterocycles. The average molecular weight is 417 g/mol. The smallest absolute Gasteiger partial charge is 0.0359 e. The van der Waals surface area contributed by atoms with Gasteiger partial charge < -0.3 is 5.32 Å². The lowest BCUT2D eigenvalue weighted by atomic mass is 9.75. The van der Waals surface area contributed by atoms with E-state index in [-0.39, 0.29) is 0 Å². The van der Waals surface area contributed by atoms with Crippen LogP contribution in [-0.2, 0) is 0 Å². The third-order valence-corrected chi connectivity index (χ3v) is 5.96. The van der Waals surface area contributed by atoms with Gasteiger partial charge in [-0.25, -0.2) is 0 Å². The van der Waals surface area contributed by atoms with Crippen molar-refractivity contribution in [2.45, 2.75) is 58.4 Å². The van der Waals surface area contributed by atoms with Crippen LogP contribution in [0.4, 0.5) is 0 Å². The molecule has 3 atom stereocenters. The predicted molar refractivity (Wildman–Crippen MR) is 98.6 cm³/mol. The van der Waals surface area contributed by atoms with Crippen molar-refractivity contribution in [1.82, 2.24) is 5.32 Å². The Morgan fingerprint density at radius 1 is 1.24 bits per heavy atom. The highest BCUT2D eigenvalue weighted by Crippen LogP contribution is 2.40. The molecule has 0 aromatic heterocycles. The van der Waals surface area contributed by atoms with Crippen molar-refractivity contribution >= 4 is 31.9 Å². The molecule has 2 rings (SSSR count). The lowest BCUT2D eigenvalue weighted by Crippen LogP contribution is -2.32. The van der Waals surface area contributed by atoms with E-state index in [1.807, 2.05) is 0 Å². The van der Waals surface area contributed by atoms with Gasteiger partial charge in [0.05, 0.1) is 0 Å². The van der Waals surface area contributed by atoms with Gasteiger partial charge in [-0.15, -0.1) is 0 Å². The van der Waals surface area contributed by atoms with E-state index < -0.39 is 0 Å². The van der Waals surface area contributed by atoms with E-state index in [2.05, 4.69) is 69.2 Å². The summed E-state index contributed by atoms with van der Waals surface area (Å²) in [6, 6.07) is 7.11. The van der Waals surface area contributed by atoms with Gasteiger partial charge in [0.15, 0.2) is 0 Å². The molecule has 1 fully saturated rings. The Hall–Kier alpha value is 0.140. The summed E-state index contributed by atoms with van der Waals surface area (Å²) in [7, 11) is 0. The van der Waals surface area contributed by atoms with Crippen LogP contribution in [0.5, 0.6) is 0 Å². The van der Waals surface area contributed by atoms with E-state index in [1.54, 1.807) is 0 Å². The Balaban J connectivity index is 2.20. The molecule has 1 aromatic rings. The normalized spacial score (nSPS) is 24.0. The predicted octanol–water partition coefficient (Wildman–Crippen LogP) is 6.47. The van der Waals surface area contributed by atoms with Gasteiger partial charge in [0.2, 0.25) is 0 Å². The molecule has 21 heavy (non-hydrogen) atoms. The molecule has 0 radical (unpaired) electrons. The summed E-state index contributed by atoms with van der Waals surface area (Å²) < 4.78 is 2.37. The lowest BCUT2D eigenvalue weighted by molar-refractivity contribution is 0.209. The van der Waals surface area contributed by atoms with E-state index >= 15 is 0 Å². The van der Waals surface area contributed by atoms with Gasteiger partial charge in [0.1, 0.15) is 0 Å². The van der Waals surface area contributed by atoms with Crippen molar-refractivity contribution in [2.75, 3.05) is 6.54 Å². The van der Waals surface area contributed by atoms with Crippen LogP contribution in [0.3, 0.4) is 0 Å². The number of benzene rings is 1. The van der Waals surface area contributed by atoms with Gasteiger partial charge >= 0.3 is 0 Å². The molecule has 0 bridgehead atoms. The molecule has 0 amide bonds. The molecule has 3 heteroatoms. The standard InChI is InChI=1S/C18H27Br2N/c1-3-10-21-18(14-7-5-6-13(4-2)11-14)16-9-8-15(19)12-17(16)20/h8-9,12-14,18,21H,3-7,10-11H2,1-2H3. The van der Waals surface area contributed by atoms with Gasteiger partial charge in [0, 0.05) is 15.0 Å². The molecule has 1 saturated carbocycles. The summed E-state index contributed by atoms with van der Waals surface area (Å²) in [5, 5.41) is 3.82. The molecule has 118 valence electrons. The molecule has 0 heterocycles. The quantitative estimate of drug-likeness (QED) is 0.560. The summed E-state index contributed by atoms with van der Waals surface area (Å²) in [6.45, 7) is 5.69. The van der Waals surface area contributed by atoms with Crippen LogP contribution in [0.25, 0.3) is 0 Å². The monoisotopic (exact) mass is 415 g/mol.